The van der Waals surface area contributed by atoms with Crippen molar-refractivity contribution in [1.29, 1.82) is 0 Å². The Kier molecular flexibility index (Phi) is 6.19. The van der Waals surface area contributed by atoms with Crippen LogP contribution in [0.15, 0.2) is 60.7 Å². The molecular weight excluding hydrogens is 368 g/mol. The molecule has 2 N–H and O–H groups in total. The van der Waals surface area contributed by atoms with E-state index in [1.165, 1.54) is 7.11 Å². The van der Waals surface area contributed by atoms with Gasteiger partial charge in [-0.1, -0.05) is 44.2 Å². The molecule has 0 fully saturated rings. The summed E-state index contributed by atoms with van der Waals surface area (Å²) < 4.78 is 4.74. The highest BCUT2D eigenvalue weighted by molar-refractivity contribution is 6.07. The summed E-state index contributed by atoms with van der Waals surface area (Å²) in [5.41, 5.74) is 2.85. The molecule has 0 radical (unpaired) electrons. The van der Waals surface area contributed by atoms with Crippen molar-refractivity contribution in [1.82, 2.24) is 10.2 Å². The van der Waals surface area contributed by atoms with E-state index < -0.39 is 11.9 Å². The Morgan fingerprint density at radius 1 is 0.897 bits per heavy atom. The van der Waals surface area contributed by atoms with Crippen molar-refractivity contribution in [3.05, 3.63) is 77.5 Å². The maximum Gasteiger partial charge on any atom is 0.339 e. The molecule has 0 unspecified atom stereocenters. The van der Waals surface area contributed by atoms with Gasteiger partial charge in [-0.05, 0) is 41.8 Å². The van der Waals surface area contributed by atoms with Crippen LogP contribution in [0, 0.1) is 0 Å². The number of rotatable bonds is 6. The number of nitrogens with zero attached hydrogens (tertiary/aromatic N) is 2. The Hall–Kier alpha value is -3.74. The number of anilines is 3. The van der Waals surface area contributed by atoms with E-state index in [9.17, 15) is 9.59 Å². The zero-order chi connectivity index (χ0) is 20.8. The van der Waals surface area contributed by atoms with Crippen LogP contribution in [0.5, 0.6) is 0 Å². The standard InChI is InChI=1S/C22H22N4O3/c1-14(2)15-8-4-6-10-17(15)23-20-13-12-19(25-26-20)21(27)24-18-11-7-5-9-16(18)22(28)29-3/h4-14H,1-3H3,(H,23,26)(H,24,27). The molecule has 0 atom stereocenters. The van der Waals surface area contributed by atoms with E-state index in [0.717, 1.165) is 11.3 Å². The van der Waals surface area contributed by atoms with Crippen LogP contribution in [0.25, 0.3) is 0 Å². The van der Waals surface area contributed by atoms with Gasteiger partial charge < -0.3 is 15.4 Å². The van der Waals surface area contributed by atoms with E-state index in [-0.39, 0.29) is 11.3 Å². The molecule has 0 spiro atoms. The number of amides is 1. The quantitative estimate of drug-likeness (QED) is 0.607. The van der Waals surface area contributed by atoms with Crippen molar-refractivity contribution in [2.45, 2.75) is 19.8 Å². The molecule has 0 saturated carbocycles. The monoisotopic (exact) mass is 390 g/mol. The zero-order valence-electron chi connectivity index (χ0n) is 16.5. The number of para-hydroxylation sites is 2. The van der Waals surface area contributed by atoms with E-state index >= 15 is 0 Å². The molecule has 148 valence electrons. The summed E-state index contributed by atoms with van der Waals surface area (Å²) in [6.45, 7) is 4.23. The molecule has 0 aliphatic carbocycles. The third-order valence-electron chi connectivity index (χ3n) is 4.32. The first-order valence-corrected chi connectivity index (χ1v) is 9.18. The fraction of sp³-hybridized carbons (Fsp3) is 0.182. The van der Waals surface area contributed by atoms with Gasteiger partial charge in [0.25, 0.3) is 5.91 Å². The molecule has 0 aliphatic heterocycles. The van der Waals surface area contributed by atoms with Gasteiger partial charge in [-0.3, -0.25) is 4.79 Å². The first kappa shape index (κ1) is 20.0. The Morgan fingerprint density at radius 3 is 2.24 bits per heavy atom. The van der Waals surface area contributed by atoms with E-state index in [1.807, 2.05) is 18.2 Å². The van der Waals surface area contributed by atoms with Crippen LogP contribution < -0.4 is 10.6 Å². The van der Waals surface area contributed by atoms with Gasteiger partial charge in [-0.25, -0.2) is 4.79 Å². The van der Waals surface area contributed by atoms with Crippen LogP contribution in [0.2, 0.25) is 0 Å². The predicted molar refractivity (Wildman–Crippen MR) is 112 cm³/mol. The zero-order valence-corrected chi connectivity index (χ0v) is 16.5. The number of aromatic nitrogens is 2. The van der Waals surface area contributed by atoms with Gasteiger partial charge in [0.1, 0.15) is 0 Å². The average Bonchev–Trinajstić information content (AvgIpc) is 2.74. The summed E-state index contributed by atoms with van der Waals surface area (Å²) in [4.78, 5) is 24.3. The maximum absolute atomic E-state index is 12.5. The molecule has 1 heterocycles. The molecule has 7 heteroatoms. The van der Waals surface area contributed by atoms with Crippen LogP contribution >= 0.6 is 0 Å². The van der Waals surface area contributed by atoms with Gasteiger partial charge in [-0.2, -0.15) is 0 Å². The molecule has 1 aromatic heterocycles. The fourth-order valence-corrected chi connectivity index (χ4v) is 2.84. The molecule has 1 amide bonds. The summed E-state index contributed by atoms with van der Waals surface area (Å²) in [7, 11) is 1.29. The maximum atomic E-state index is 12.5. The predicted octanol–water partition coefficient (Wildman–Crippen LogP) is 4.38. The summed E-state index contributed by atoms with van der Waals surface area (Å²) in [6.07, 6.45) is 0. The Balaban J connectivity index is 1.74. The summed E-state index contributed by atoms with van der Waals surface area (Å²) in [6, 6.07) is 17.8. The lowest BCUT2D eigenvalue weighted by Crippen LogP contribution is -2.17. The van der Waals surface area contributed by atoms with E-state index in [1.54, 1.807) is 36.4 Å². The minimum Gasteiger partial charge on any atom is -0.465 e. The molecule has 3 rings (SSSR count). The third kappa shape index (κ3) is 4.76. The van der Waals surface area contributed by atoms with Crippen LogP contribution in [0.3, 0.4) is 0 Å². The minimum atomic E-state index is -0.532. The van der Waals surface area contributed by atoms with Crippen molar-refractivity contribution < 1.29 is 14.3 Å². The number of hydrogen-bond donors (Lipinski definition) is 2. The highest BCUT2D eigenvalue weighted by Gasteiger charge is 2.15. The number of carbonyl (C=O) groups excluding carboxylic acids is 2. The molecular formula is C22H22N4O3. The average molecular weight is 390 g/mol. The van der Waals surface area contributed by atoms with E-state index in [4.69, 9.17) is 4.74 Å². The lowest BCUT2D eigenvalue weighted by Gasteiger charge is -2.14. The van der Waals surface area contributed by atoms with Crippen molar-refractivity contribution in [3.63, 3.8) is 0 Å². The van der Waals surface area contributed by atoms with Crippen LogP contribution in [-0.2, 0) is 4.74 Å². The van der Waals surface area contributed by atoms with Crippen molar-refractivity contribution in [3.8, 4) is 0 Å². The SMILES string of the molecule is COC(=O)c1ccccc1NC(=O)c1ccc(Nc2ccccc2C(C)C)nn1. The largest absolute Gasteiger partial charge is 0.465 e. The normalized spacial score (nSPS) is 10.5. The number of ether oxygens (including phenoxy) is 1. The van der Waals surface area contributed by atoms with Crippen LogP contribution in [0.4, 0.5) is 17.2 Å². The number of benzene rings is 2. The topological polar surface area (TPSA) is 93.2 Å². The molecule has 29 heavy (non-hydrogen) atoms. The second-order valence-electron chi connectivity index (χ2n) is 6.66. The lowest BCUT2D eigenvalue weighted by molar-refractivity contribution is 0.0602. The second-order valence-corrected chi connectivity index (χ2v) is 6.66. The second kappa shape index (κ2) is 8.97. The first-order valence-electron chi connectivity index (χ1n) is 9.18. The number of hydrogen-bond acceptors (Lipinski definition) is 6. The molecule has 7 nitrogen and oxygen atoms in total. The molecule has 0 saturated heterocycles. The van der Waals surface area contributed by atoms with Gasteiger partial charge in [0.15, 0.2) is 11.5 Å². The third-order valence-corrected chi connectivity index (χ3v) is 4.32. The summed E-state index contributed by atoms with van der Waals surface area (Å²) >= 11 is 0. The van der Waals surface area contributed by atoms with Gasteiger partial charge in [0, 0.05) is 5.69 Å². The van der Waals surface area contributed by atoms with Gasteiger partial charge in [0.2, 0.25) is 0 Å². The fourth-order valence-electron chi connectivity index (χ4n) is 2.84. The number of carbonyl (C=O) groups is 2. The molecule has 0 bridgehead atoms. The van der Waals surface area contributed by atoms with Crippen molar-refractivity contribution >= 4 is 29.1 Å². The highest BCUT2D eigenvalue weighted by Crippen LogP contribution is 2.26. The van der Waals surface area contributed by atoms with Gasteiger partial charge in [0.05, 0.1) is 18.4 Å². The van der Waals surface area contributed by atoms with E-state index in [0.29, 0.717) is 17.4 Å². The molecule has 0 aliphatic rings. The smallest absolute Gasteiger partial charge is 0.339 e. The van der Waals surface area contributed by atoms with Gasteiger partial charge in [-0.15, -0.1) is 10.2 Å². The lowest BCUT2D eigenvalue weighted by atomic mass is 10.0. The number of methoxy groups -OCH3 is 1. The molecule has 3 aromatic rings. The van der Waals surface area contributed by atoms with Crippen molar-refractivity contribution in [2.24, 2.45) is 0 Å². The minimum absolute atomic E-state index is 0.132. The molecule has 2 aromatic carbocycles. The Bertz CT molecular complexity index is 1020. The number of nitrogens with one attached hydrogen (secondary N) is 2. The highest BCUT2D eigenvalue weighted by atomic mass is 16.5. The van der Waals surface area contributed by atoms with Crippen LogP contribution in [-0.4, -0.2) is 29.2 Å². The summed E-state index contributed by atoms with van der Waals surface area (Å²) in [5.74, 6) is -0.116. The Morgan fingerprint density at radius 2 is 1.59 bits per heavy atom. The van der Waals surface area contributed by atoms with Crippen LogP contribution in [0.1, 0.15) is 46.2 Å². The van der Waals surface area contributed by atoms with Gasteiger partial charge >= 0.3 is 5.97 Å². The number of esters is 1. The Labute approximate surface area is 169 Å². The van der Waals surface area contributed by atoms with E-state index in [2.05, 4.69) is 40.7 Å². The van der Waals surface area contributed by atoms with Crippen molar-refractivity contribution in [2.75, 3.05) is 17.7 Å². The first-order chi connectivity index (χ1) is 14.0. The summed E-state index contributed by atoms with van der Waals surface area (Å²) in [5, 5.41) is 14.0.